The number of hydrazine groups is 1. The minimum atomic E-state index is -0.471. The number of ether oxygens (including phenoxy) is 3. The fraction of sp³-hybridized carbons (Fsp3) is 0.263. The quantitative estimate of drug-likeness (QED) is 0.743. The fourth-order valence-corrected chi connectivity index (χ4v) is 2.16. The highest BCUT2D eigenvalue weighted by atomic mass is 16.5. The van der Waals surface area contributed by atoms with Gasteiger partial charge in [0.1, 0.15) is 5.75 Å². The van der Waals surface area contributed by atoms with Crippen LogP contribution in [-0.2, 0) is 0 Å². The van der Waals surface area contributed by atoms with Crippen molar-refractivity contribution in [3.05, 3.63) is 53.6 Å². The molecule has 0 bridgehead atoms. The van der Waals surface area contributed by atoms with Crippen molar-refractivity contribution in [2.45, 2.75) is 13.3 Å². The molecule has 0 heterocycles. The number of methoxy groups -OCH3 is 2. The lowest BCUT2D eigenvalue weighted by Crippen LogP contribution is -2.41. The summed E-state index contributed by atoms with van der Waals surface area (Å²) in [4.78, 5) is 24.4. The van der Waals surface area contributed by atoms with E-state index in [1.165, 1.54) is 14.2 Å². The van der Waals surface area contributed by atoms with Gasteiger partial charge in [0.25, 0.3) is 11.8 Å². The molecule has 0 atom stereocenters. The Balaban J connectivity index is 2.01. The molecule has 0 aromatic heterocycles. The second kappa shape index (κ2) is 9.31. The Kier molecular flexibility index (Phi) is 6.84. The lowest BCUT2D eigenvalue weighted by molar-refractivity contribution is 0.0846. The van der Waals surface area contributed by atoms with Gasteiger partial charge in [-0.2, -0.15) is 0 Å². The average molecular weight is 358 g/mol. The van der Waals surface area contributed by atoms with E-state index in [0.717, 1.165) is 6.42 Å². The van der Waals surface area contributed by atoms with Gasteiger partial charge < -0.3 is 14.2 Å². The largest absolute Gasteiger partial charge is 0.497 e. The maximum Gasteiger partial charge on any atom is 0.269 e. The molecule has 0 radical (unpaired) electrons. The van der Waals surface area contributed by atoms with Crippen LogP contribution in [0.15, 0.2) is 42.5 Å². The number of hydrogen-bond acceptors (Lipinski definition) is 5. The maximum absolute atomic E-state index is 12.3. The van der Waals surface area contributed by atoms with E-state index in [9.17, 15) is 9.59 Å². The van der Waals surface area contributed by atoms with Gasteiger partial charge in [-0.3, -0.25) is 20.4 Å². The van der Waals surface area contributed by atoms with Crippen LogP contribution in [0, 0.1) is 0 Å². The van der Waals surface area contributed by atoms with Crippen LogP contribution in [0.25, 0.3) is 0 Å². The van der Waals surface area contributed by atoms with Crippen molar-refractivity contribution >= 4 is 11.8 Å². The first-order chi connectivity index (χ1) is 12.6. The van der Waals surface area contributed by atoms with Crippen molar-refractivity contribution < 1.29 is 23.8 Å². The normalized spacial score (nSPS) is 9.96. The highest BCUT2D eigenvalue weighted by Crippen LogP contribution is 2.28. The number of rotatable bonds is 7. The van der Waals surface area contributed by atoms with Crippen LogP contribution in [0.4, 0.5) is 0 Å². The third kappa shape index (κ3) is 4.89. The van der Waals surface area contributed by atoms with E-state index >= 15 is 0 Å². The van der Waals surface area contributed by atoms with Gasteiger partial charge in [-0.15, -0.1) is 0 Å². The van der Waals surface area contributed by atoms with Crippen molar-refractivity contribution in [1.29, 1.82) is 0 Å². The molecule has 2 aromatic rings. The number of nitrogens with one attached hydrogen (secondary N) is 2. The summed E-state index contributed by atoms with van der Waals surface area (Å²) in [5, 5.41) is 0. The Morgan fingerprint density at radius 2 is 1.58 bits per heavy atom. The van der Waals surface area contributed by atoms with E-state index in [0.29, 0.717) is 35.0 Å². The first-order valence-corrected chi connectivity index (χ1v) is 8.14. The van der Waals surface area contributed by atoms with Crippen LogP contribution in [0.2, 0.25) is 0 Å². The fourth-order valence-electron chi connectivity index (χ4n) is 2.16. The molecular weight excluding hydrogens is 336 g/mol. The molecule has 0 unspecified atom stereocenters. The van der Waals surface area contributed by atoms with Gasteiger partial charge in [0.2, 0.25) is 0 Å². The van der Waals surface area contributed by atoms with Crippen molar-refractivity contribution in [2.75, 3.05) is 20.8 Å². The topological polar surface area (TPSA) is 85.9 Å². The molecule has 0 aliphatic rings. The Bertz CT molecular complexity index is 776. The summed E-state index contributed by atoms with van der Waals surface area (Å²) in [5.74, 6) is 0.640. The second-order valence-corrected chi connectivity index (χ2v) is 5.35. The van der Waals surface area contributed by atoms with Crippen molar-refractivity contribution in [3.8, 4) is 17.2 Å². The van der Waals surface area contributed by atoms with Gasteiger partial charge in [-0.25, -0.2) is 0 Å². The van der Waals surface area contributed by atoms with Crippen LogP contribution in [0.3, 0.4) is 0 Å². The van der Waals surface area contributed by atoms with Gasteiger partial charge in [0.05, 0.1) is 20.8 Å². The van der Waals surface area contributed by atoms with Gasteiger partial charge in [0, 0.05) is 11.1 Å². The van der Waals surface area contributed by atoms with E-state index in [1.807, 2.05) is 6.92 Å². The van der Waals surface area contributed by atoms with Crippen molar-refractivity contribution in [3.63, 3.8) is 0 Å². The van der Waals surface area contributed by atoms with E-state index in [-0.39, 0.29) is 0 Å². The average Bonchev–Trinajstić information content (AvgIpc) is 2.69. The minimum Gasteiger partial charge on any atom is -0.497 e. The molecule has 0 fully saturated rings. The molecule has 26 heavy (non-hydrogen) atoms. The van der Waals surface area contributed by atoms with Crippen LogP contribution in [0.1, 0.15) is 34.1 Å². The predicted molar refractivity (Wildman–Crippen MR) is 96.7 cm³/mol. The predicted octanol–water partition coefficient (Wildman–Crippen LogP) is 2.57. The van der Waals surface area contributed by atoms with Gasteiger partial charge in [0.15, 0.2) is 11.5 Å². The number of benzene rings is 2. The van der Waals surface area contributed by atoms with Crippen LogP contribution in [-0.4, -0.2) is 32.6 Å². The first kappa shape index (κ1) is 19.1. The summed E-state index contributed by atoms with van der Waals surface area (Å²) in [5.41, 5.74) is 5.44. The molecular formula is C19H22N2O5. The summed E-state index contributed by atoms with van der Waals surface area (Å²) in [7, 11) is 3.01. The molecule has 0 saturated heterocycles. The Labute approximate surface area is 152 Å². The lowest BCUT2D eigenvalue weighted by Gasteiger charge is -2.12. The molecule has 2 amide bonds. The van der Waals surface area contributed by atoms with Crippen LogP contribution < -0.4 is 25.1 Å². The molecule has 7 nitrogen and oxygen atoms in total. The van der Waals surface area contributed by atoms with Crippen molar-refractivity contribution in [1.82, 2.24) is 10.9 Å². The zero-order valence-corrected chi connectivity index (χ0v) is 15.0. The number of amides is 2. The molecule has 0 aliphatic heterocycles. The standard InChI is InChI=1S/C19H22N2O5/c1-4-10-26-16-9-8-14(12-17(16)25-3)19(23)21-20-18(22)13-6-5-7-15(11-13)24-2/h5-9,11-12H,4,10H2,1-3H3,(H,20,22)(H,21,23). The van der Waals surface area contributed by atoms with E-state index < -0.39 is 11.8 Å². The van der Waals surface area contributed by atoms with Crippen molar-refractivity contribution in [2.24, 2.45) is 0 Å². The SMILES string of the molecule is CCCOc1ccc(C(=O)NNC(=O)c2cccc(OC)c2)cc1OC. The maximum atomic E-state index is 12.3. The molecule has 138 valence electrons. The van der Waals surface area contributed by atoms with Gasteiger partial charge >= 0.3 is 0 Å². The lowest BCUT2D eigenvalue weighted by atomic mass is 10.2. The Morgan fingerprint density at radius 1 is 0.885 bits per heavy atom. The summed E-state index contributed by atoms with van der Waals surface area (Å²) in [6, 6.07) is 11.4. The molecule has 0 saturated carbocycles. The summed E-state index contributed by atoms with van der Waals surface area (Å²) in [6.07, 6.45) is 0.863. The van der Waals surface area contributed by atoms with Gasteiger partial charge in [-0.1, -0.05) is 13.0 Å². The van der Waals surface area contributed by atoms with E-state index in [1.54, 1.807) is 42.5 Å². The van der Waals surface area contributed by atoms with Crippen LogP contribution in [0.5, 0.6) is 17.2 Å². The summed E-state index contributed by atoms with van der Waals surface area (Å²) in [6.45, 7) is 2.55. The zero-order valence-electron chi connectivity index (χ0n) is 15.0. The number of carbonyl (C=O) groups is 2. The van der Waals surface area contributed by atoms with E-state index in [2.05, 4.69) is 10.9 Å². The molecule has 2 aromatic carbocycles. The van der Waals surface area contributed by atoms with E-state index in [4.69, 9.17) is 14.2 Å². The zero-order chi connectivity index (χ0) is 18.9. The first-order valence-electron chi connectivity index (χ1n) is 8.14. The molecule has 2 rings (SSSR count). The summed E-state index contributed by atoms with van der Waals surface area (Å²) < 4.78 is 15.9. The highest BCUT2D eigenvalue weighted by molar-refractivity contribution is 5.99. The Hall–Kier alpha value is -3.22. The summed E-state index contributed by atoms with van der Waals surface area (Å²) >= 11 is 0. The Morgan fingerprint density at radius 3 is 2.19 bits per heavy atom. The number of hydrogen-bond donors (Lipinski definition) is 2. The van der Waals surface area contributed by atoms with Gasteiger partial charge in [-0.05, 0) is 42.8 Å². The smallest absolute Gasteiger partial charge is 0.269 e. The van der Waals surface area contributed by atoms with Crippen LogP contribution >= 0.6 is 0 Å². The molecule has 0 spiro atoms. The molecule has 7 heteroatoms. The molecule has 0 aliphatic carbocycles. The molecule has 2 N–H and O–H groups in total. The third-order valence-electron chi connectivity index (χ3n) is 3.51. The minimum absolute atomic E-state index is 0.330. The second-order valence-electron chi connectivity index (χ2n) is 5.35. The highest BCUT2D eigenvalue weighted by Gasteiger charge is 2.13. The monoisotopic (exact) mass is 358 g/mol. The third-order valence-corrected chi connectivity index (χ3v) is 3.51. The number of carbonyl (C=O) groups excluding carboxylic acids is 2.